The minimum absolute atomic E-state index is 0.257. The zero-order chi connectivity index (χ0) is 19.1. The number of para-hydroxylation sites is 3. The second-order valence-electron chi connectivity index (χ2n) is 6.44. The van der Waals surface area contributed by atoms with Crippen molar-refractivity contribution >= 4 is 34.0 Å². The van der Waals surface area contributed by atoms with Crippen LogP contribution in [0.3, 0.4) is 0 Å². The summed E-state index contributed by atoms with van der Waals surface area (Å²) in [6, 6.07) is 13.6. The lowest BCUT2D eigenvalue weighted by molar-refractivity contribution is 0.0529. The van der Waals surface area contributed by atoms with Crippen LogP contribution in [0.2, 0.25) is 0 Å². The third kappa shape index (κ3) is 2.61. The molecular formula is C21H20N4O2. The minimum atomic E-state index is -0.491. The highest BCUT2D eigenvalue weighted by atomic mass is 16.5. The Morgan fingerprint density at radius 1 is 1.04 bits per heavy atom. The van der Waals surface area contributed by atoms with Crippen LogP contribution in [0, 0.1) is 13.8 Å². The standard InChI is InChI=1S/C21H20N4O2/c1-4-27-21(26)16-17-20(24-15-11-6-5-10-14(15)23-17)25(19(16)22)18-12(2)8-7-9-13(18)3/h5-11H,4,22H2,1-3H3. The predicted molar refractivity (Wildman–Crippen MR) is 106 cm³/mol. The van der Waals surface area contributed by atoms with Crippen LogP contribution in [-0.4, -0.2) is 27.1 Å². The fourth-order valence-electron chi connectivity index (χ4n) is 3.45. The third-order valence-corrected chi connectivity index (χ3v) is 4.64. The van der Waals surface area contributed by atoms with Crippen LogP contribution in [0.15, 0.2) is 42.5 Å². The zero-order valence-corrected chi connectivity index (χ0v) is 15.5. The molecule has 6 nitrogen and oxygen atoms in total. The molecule has 2 N–H and O–H groups in total. The molecule has 2 aromatic carbocycles. The van der Waals surface area contributed by atoms with Crippen LogP contribution in [0.5, 0.6) is 0 Å². The first-order chi connectivity index (χ1) is 13.0. The van der Waals surface area contributed by atoms with Crippen LogP contribution >= 0.6 is 0 Å². The van der Waals surface area contributed by atoms with Gasteiger partial charge in [-0.25, -0.2) is 14.8 Å². The molecule has 0 saturated heterocycles. The number of hydrogen-bond acceptors (Lipinski definition) is 5. The maximum atomic E-state index is 12.6. The first kappa shape index (κ1) is 17.0. The average molecular weight is 360 g/mol. The number of fused-ring (bicyclic) bond motifs is 2. The number of aryl methyl sites for hydroxylation is 2. The van der Waals surface area contributed by atoms with Gasteiger partial charge in [-0.15, -0.1) is 0 Å². The van der Waals surface area contributed by atoms with Crippen LogP contribution in [-0.2, 0) is 4.74 Å². The molecule has 4 rings (SSSR count). The Morgan fingerprint density at radius 2 is 1.67 bits per heavy atom. The topological polar surface area (TPSA) is 83.0 Å². The summed E-state index contributed by atoms with van der Waals surface area (Å²) in [5.41, 5.74) is 12.1. The Hall–Kier alpha value is -3.41. The van der Waals surface area contributed by atoms with E-state index in [1.165, 1.54) is 0 Å². The molecule has 0 radical (unpaired) electrons. The minimum Gasteiger partial charge on any atom is -0.462 e. The van der Waals surface area contributed by atoms with Crippen molar-refractivity contribution in [1.29, 1.82) is 0 Å². The molecule has 0 unspecified atom stereocenters. The summed E-state index contributed by atoms with van der Waals surface area (Å²) in [5.74, 6) is -0.203. The molecule has 6 heteroatoms. The number of nitrogens with zero attached hydrogens (tertiary/aromatic N) is 3. The number of rotatable bonds is 3. The van der Waals surface area contributed by atoms with E-state index in [-0.39, 0.29) is 18.0 Å². The fraction of sp³-hybridized carbons (Fsp3) is 0.190. The van der Waals surface area contributed by atoms with Crippen molar-refractivity contribution in [2.24, 2.45) is 0 Å². The smallest absolute Gasteiger partial charge is 0.344 e. The fourth-order valence-corrected chi connectivity index (χ4v) is 3.45. The molecule has 136 valence electrons. The van der Waals surface area contributed by atoms with Gasteiger partial charge in [0.1, 0.15) is 16.9 Å². The van der Waals surface area contributed by atoms with Crippen molar-refractivity contribution in [3.63, 3.8) is 0 Å². The zero-order valence-electron chi connectivity index (χ0n) is 15.5. The third-order valence-electron chi connectivity index (χ3n) is 4.64. The summed E-state index contributed by atoms with van der Waals surface area (Å²) in [4.78, 5) is 22.1. The quantitative estimate of drug-likeness (QED) is 0.559. The highest BCUT2D eigenvalue weighted by Gasteiger charge is 2.26. The largest absolute Gasteiger partial charge is 0.462 e. The summed E-state index contributed by atoms with van der Waals surface area (Å²) in [6.07, 6.45) is 0. The van der Waals surface area contributed by atoms with Gasteiger partial charge in [-0.05, 0) is 44.0 Å². The van der Waals surface area contributed by atoms with Crippen molar-refractivity contribution < 1.29 is 9.53 Å². The summed E-state index contributed by atoms with van der Waals surface area (Å²) in [6.45, 7) is 6.04. The van der Waals surface area contributed by atoms with Crippen molar-refractivity contribution in [3.05, 3.63) is 59.2 Å². The van der Waals surface area contributed by atoms with Gasteiger partial charge in [0, 0.05) is 0 Å². The molecule has 0 aliphatic rings. The van der Waals surface area contributed by atoms with E-state index in [4.69, 9.17) is 15.5 Å². The molecule has 0 atom stereocenters. The van der Waals surface area contributed by atoms with E-state index in [9.17, 15) is 4.79 Å². The first-order valence-corrected chi connectivity index (χ1v) is 8.83. The lowest BCUT2D eigenvalue weighted by atomic mass is 10.1. The number of benzene rings is 2. The predicted octanol–water partition coefficient (Wildman–Crippen LogP) is 3.95. The number of carbonyl (C=O) groups excluding carboxylic acids is 1. The number of anilines is 1. The highest BCUT2D eigenvalue weighted by Crippen LogP contribution is 2.33. The Kier molecular flexibility index (Phi) is 4.03. The van der Waals surface area contributed by atoms with Gasteiger partial charge >= 0.3 is 5.97 Å². The van der Waals surface area contributed by atoms with E-state index in [0.29, 0.717) is 16.7 Å². The Morgan fingerprint density at radius 3 is 2.30 bits per heavy atom. The van der Waals surface area contributed by atoms with Crippen molar-refractivity contribution in [2.75, 3.05) is 12.3 Å². The number of carbonyl (C=O) groups is 1. The summed E-state index contributed by atoms with van der Waals surface area (Å²) >= 11 is 0. The van der Waals surface area contributed by atoms with Crippen molar-refractivity contribution in [2.45, 2.75) is 20.8 Å². The normalized spacial score (nSPS) is 11.2. The molecule has 27 heavy (non-hydrogen) atoms. The summed E-state index contributed by atoms with van der Waals surface area (Å²) < 4.78 is 7.05. The number of nitrogen functional groups attached to an aromatic ring is 1. The number of aromatic nitrogens is 3. The van der Waals surface area contributed by atoms with Gasteiger partial charge in [0.05, 0.1) is 23.3 Å². The molecule has 2 aromatic heterocycles. The van der Waals surface area contributed by atoms with Crippen LogP contribution in [0.4, 0.5) is 5.82 Å². The van der Waals surface area contributed by atoms with E-state index in [2.05, 4.69) is 4.98 Å². The van der Waals surface area contributed by atoms with E-state index < -0.39 is 5.97 Å². The maximum absolute atomic E-state index is 12.6. The lowest BCUT2D eigenvalue weighted by Gasteiger charge is -2.14. The van der Waals surface area contributed by atoms with E-state index >= 15 is 0 Å². The monoisotopic (exact) mass is 360 g/mol. The van der Waals surface area contributed by atoms with Gasteiger partial charge in [-0.1, -0.05) is 30.3 Å². The number of ether oxygens (including phenoxy) is 1. The van der Waals surface area contributed by atoms with Gasteiger partial charge in [0.15, 0.2) is 5.65 Å². The average Bonchev–Trinajstić information content (AvgIpc) is 2.91. The highest BCUT2D eigenvalue weighted by molar-refractivity contribution is 6.09. The summed E-state index contributed by atoms with van der Waals surface area (Å²) in [7, 11) is 0. The second-order valence-corrected chi connectivity index (χ2v) is 6.44. The number of esters is 1. The van der Waals surface area contributed by atoms with E-state index in [0.717, 1.165) is 22.3 Å². The SMILES string of the molecule is CCOC(=O)c1c(N)n(-c2c(C)cccc2C)c2nc3ccccc3nc12. The molecular weight excluding hydrogens is 340 g/mol. The lowest BCUT2D eigenvalue weighted by Crippen LogP contribution is -2.10. The van der Waals surface area contributed by atoms with Crippen molar-refractivity contribution in [3.8, 4) is 5.69 Å². The molecule has 0 amide bonds. The second kappa shape index (κ2) is 6.39. The Bertz CT molecular complexity index is 1170. The molecule has 0 saturated carbocycles. The summed E-state index contributed by atoms with van der Waals surface area (Å²) in [5, 5.41) is 0. The Labute approximate surface area is 156 Å². The molecule has 0 bridgehead atoms. The van der Waals surface area contributed by atoms with Crippen molar-refractivity contribution in [1.82, 2.24) is 14.5 Å². The molecule has 4 aromatic rings. The number of nitrogens with two attached hydrogens (primary N) is 1. The van der Waals surface area contributed by atoms with Gasteiger partial charge in [-0.3, -0.25) is 4.57 Å². The van der Waals surface area contributed by atoms with Gasteiger partial charge < -0.3 is 10.5 Å². The van der Waals surface area contributed by atoms with Gasteiger partial charge in [-0.2, -0.15) is 0 Å². The van der Waals surface area contributed by atoms with Crippen LogP contribution in [0.25, 0.3) is 27.9 Å². The molecule has 0 spiro atoms. The van der Waals surface area contributed by atoms with Gasteiger partial charge in [0.25, 0.3) is 0 Å². The van der Waals surface area contributed by atoms with E-state index in [1.807, 2.05) is 60.9 Å². The Balaban J connectivity index is 2.16. The van der Waals surface area contributed by atoms with Crippen LogP contribution < -0.4 is 5.73 Å². The first-order valence-electron chi connectivity index (χ1n) is 8.83. The van der Waals surface area contributed by atoms with E-state index in [1.54, 1.807) is 6.92 Å². The maximum Gasteiger partial charge on any atom is 0.344 e. The molecule has 0 aliphatic heterocycles. The molecule has 0 fully saturated rings. The number of hydrogen-bond donors (Lipinski definition) is 1. The molecule has 2 heterocycles. The van der Waals surface area contributed by atoms with Crippen LogP contribution in [0.1, 0.15) is 28.4 Å². The molecule has 0 aliphatic carbocycles. The van der Waals surface area contributed by atoms with Gasteiger partial charge in [0.2, 0.25) is 0 Å².